The first-order valence-corrected chi connectivity index (χ1v) is 15.7. The fourth-order valence-electron chi connectivity index (χ4n) is 4.20. The number of hydrogen-bond acceptors (Lipinski definition) is 7. The van der Waals surface area contributed by atoms with Crippen molar-refractivity contribution >= 4 is 35.8 Å². The zero-order valence-corrected chi connectivity index (χ0v) is 24.0. The molecule has 2 aromatic carbocycles. The lowest BCUT2D eigenvalue weighted by Crippen LogP contribution is -2.14. The summed E-state index contributed by atoms with van der Waals surface area (Å²) in [5.74, 6) is -0.350. The van der Waals surface area contributed by atoms with Crippen LogP contribution in [0.25, 0.3) is 17.2 Å². The summed E-state index contributed by atoms with van der Waals surface area (Å²) in [5.41, 5.74) is 5.26. The Morgan fingerprint density at radius 3 is 2.29 bits per heavy atom. The van der Waals surface area contributed by atoms with Gasteiger partial charge in [-0.3, -0.25) is 17.8 Å². The molecule has 0 radical (unpaired) electrons. The fraction of sp³-hybridized carbons (Fsp3) is 0.429. The predicted octanol–water partition coefficient (Wildman–Crippen LogP) is 6.59. The number of ether oxygens (including phenoxy) is 1. The third-order valence-corrected chi connectivity index (χ3v) is 8.61. The van der Waals surface area contributed by atoms with Gasteiger partial charge in [-0.2, -0.15) is 0 Å². The van der Waals surface area contributed by atoms with Crippen LogP contribution in [0.2, 0.25) is 0 Å². The number of rotatable bonds is 15. The first-order valence-electron chi connectivity index (χ1n) is 12.7. The number of phosphoric ester groups is 1. The molecule has 0 aromatic heterocycles. The minimum Gasteiger partial charge on any atom is -0.368 e. The number of phosphoric acid groups is 1. The van der Waals surface area contributed by atoms with Crippen molar-refractivity contribution in [2.45, 2.75) is 51.2 Å². The number of hydrogen-bond donors (Lipinski definition) is 1. The lowest BCUT2D eigenvalue weighted by Gasteiger charge is -2.17. The molecular formula is C28H36FO7PS. The molecule has 1 aliphatic carbocycles. The van der Waals surface area contributed by atoms with Crippen LogP contribution in [0.1, 0.15) is 56.7 Å². The Hall–Kier alpha value is -1.97. The second-order valence-electron chi connectivity index (χ2n) is 8.73. The standard InChI is InChI=1S/C28H36FO7PS/c1-5-34-37(31,35-6-2)36-16-8-7-15-33-28(30)19-26-20(3)25(24-14-11-22(29)18-27(24)26)17-21-9-12-23(13-10-21)38(4)32/h9-14,17-18,28,30H,5-8,15-16,19H2,1-4H3. The number of aliphatic hydroxyl groups is 1. The Balaban J connectivity index is 1.62. The van der Waals surface area contributed by atoms with Gasteiger partial charge in [-0.25, -0.2) is 8.96 Å². The molecule has 1 N–H and O–H groups in total. The molecule has 0 heterocycles. The van der Waals surface area contributed by atoms with Gasteiger partial charge in [0.15, 0.2) is 6.29 Å². The predicted molar refractivity (Wildman–Crippen MR) is 148 cm³/mol. The SMILES string of the molecule is CCOP(=O)(OCC)OCCCCOC(O)CC1=C(C)C(=Cc2ccc(S(C)=O)cc2)c2ccc(F)cc21. The number of fused-ring (bicyclic) bond motifs is 1. The molecule has 0 fully saturated rings. The monoisotopic (exact) mass is 566 g/mol. The van der Waals surface area contributed by atoms with Gasteiger partial charge < -0.3 is 9.84 Å². The average molecular weight is 567 g/mol. The van der Waals surface area contributed by atoms with Gasteiger partial charge in [-0.1, -0.05) is 18.2 Å². The summed E-state index contributed by atoms with van der Waals surface area (Å²) in [6.45, 7) is 6.27. The van der Waals surface area contributed by atoms with E-state index in [1.54, 1.807) is 26.2 Å². The van der Waals surface area contributed by atoms with Crippen molar-refractivity contribution in [1.82, 2.24) is 0 Å². The number of benzene rings is 2. The maximum absolute atomic E-state index is 14.2. The summed E-state index contributed by atoms with van der Waals surface area (Å²) in [4.78, 5) is 0.749. The molecular weight excluding hydrogens is 530 g/mol. The van der Waals surface area contributed by atoms with Crippen molar-refractivity contribution in [3.8, 4) is 0 Å². The van der Waals surface area contributed by atoms with Gasteiger partial charge in [0, 0.05) is 35.0 Å². The molecule has 3 rings (SSSR count). The zero-order valence-electron chi connectivity index (χ0n) is 22.3. The van der Waals surface area contributed by atoms with E-state index in [0.29, 0.717) is 12.8 Å². The van der Waals surface area contributed by atoms with Gasteiger partial charge in [0.05, 0.1) is 19.8 Å². The molecule has 7 nitrogen and oxygen atoms in total. The van der Waals surface area contributed by atoms with Crippen LogP contribution < -0.4 is 0 Å². The molecule has 0 saturated heterocycles. The van der Waals surface area contributed by atoms with Crippen molar-refractivity contribution in [3.05, 3.63) is 70.5 Å². The minimum atomic E-state index is -3.53. The summed E-state index contributed by atoms with van der Waals surface area (Å²) in [7, 11) is -4.59. The highest BCUT2D eigenvalue weighted by molar-refractivity contribution is 7.84. The van der Waals surface area contributed by atoms with E-state index in [0.717, 1.165) is 38.3 Å². The van der Waals surface area contributed by atoms with E-state index in [9.17, 15) is 18.3 Å². The summed E-state index contributed by atoms with van der Waals surface area (Å²) in [6.07, 6.45) is 3.89. The van der Waals surface area contributed by atoms with E-state index in [2.05, 4.69) is 0 Å². The van der Waals surface area contributed by atoms with Crippen LogP contribution in [0.5, 0.6) is 0 Å². The second-order valence-corrected chi connectivity index (χ2v) is 11.8. The smallest absolute Gasteiger partial charge is 0.368 e. The lowest BCUT2D eigenvalue weighted by atomic mass is 10.0. The van der Waals surface area contributed by atoms with Gasteiger partial charge in [-0.05, 0) is 97.4 Å². The Labute approximate surface area is 226 Å². The zero-order chi connectivity index (χ0) is 27.7. The molecule has 0 saturated carbocycles. The molecule has 0 spiro atoms. The quantitative estimate of drug-likeness (QED) is 0.148. The molecule has 38 heavy (non-hydrogen) atoms. The molecule has 10 heteroatoms. The number of halogens is 1. The van der Waals surface area contributed by atoms with E-state index in [-0.39, 0.29) is 38.7 Å². The summed E-state index contributed by atoms with van der Waals surface area (Å²) in [5, 5.41) is 10.6. The van der Waals surface area contributed by atoms with Gasteiger partial charge >= 0.3 is 7.82 Å². The van der Waals surface area contributed by atoms with Crippen LogP contribution in [0, 0.1) is 5.82 Å². The van der Waals surface area contributed by atoms with Gasteiger partial charge in [0.2, 0.25) is 0 Å². The van der Waals surface area contributed by atoms with Crippen molar-refractivity contribution in [3.63, 3.8) is 0 Å². The van der Waals surface area contributed by atoms with E-state index < -0.39 is 24.9 Å². The molecule has 1 aliphatic rings. The molecule has 0 bridgehead atoms. The lowest BCUT2D eigenvalue weighted by molar-refractivity contribution is -0.0956. The van der Waals surface area contributed by atoms with E-state index >= 15 is 0 Å². The van der Waals surface area contributed by atoms with E-state index in [1.165, 1.54) is 12.1 Å². The summed E-state index contributed by atoms with van der Waals surface area (Å²) >= 11 is 0. The molecule has 208 valence electrons. The molecule has 2 aromatic rings. The second kappa shape index (κ2) is 14.4. The van der Waals surface area contributed by atoms with Crippen LogP contribution in [-0.4, -0.2) is 48.3 Å². The minimum absolute atomic E-state index is 0.178. The third-order valence-electron chi connectivity index (χ3n) is 6.03. The van der Waals surface area contributed by atoms with Crippen LogP contribution in [-0.2, 0) is 33.7 Å². The normalized spacial score (nSPS) is 16.2. The van der Waals surface area contributed by atoms with Crippen molar-refractivity contribution in [1.29, 1.82) is 0 Å². The van der Waals surface area contributed by atoms with Crippen LogP contribution >= 0.6 is 7.82 Å². The van der Waals surface area contributed by atoms with Crippen molar-refractivity contribution in [2.75, 3.05) is 32.7 Å². The van der Waals surface area contributed by atoms with E-state index in [4.69, 9.17) is 18.3 Å². The van der Waals surface area contributed by atoms with Crippen LogP contribution in [0.15, 0.2) is 52.9 Å². The van der Waals surface area contributed by atoms with E-state index in [1.807, 2.05) is 37.3 Å². The topological polar surface area (TPSA) is 91.3 Å². The Bertz CT molecular complexity index is 1220. The third kappa shape index (κ3) is 8.26. The van der Waals surface area contributed by atoms with Crippen LogP contribution in [0.3, 0.4) is 0 Å². The summed E-state index contributed by atoms with van der Waals surface area (Å²) in [6, 6.07) is 12.1. The molecule has 2 unspecified atom stereocenters. The molecule has 0 amide bonds. The number of allylic oxidation sites excluding steroid dienone is 2. The van der Waals surface area contributed by atoms with Gasteiger partial charge in [-0.15, -0.1) is 0 Å². The van der Waals surface area contributed by atoms with Crippen molar-refractivity contribution in [2.24, 2.45) is 0 Å². The largest absolute Gasteiger partial charge is 0.474 e. The first-order chi connectivity index (χ1) is 18.2. The van der Waals surface area contributed by atoms with Gasteiger partial charge in [0.25, 0.3) is 0 Å². The van der Waals surface area contributed by atoms with Crippen molar-refractivity contribution < 1.29 is 36.6 Å². The van der Waals surface area contributed by atoms with Gasteiger partial charge in [0.1, 0.15) is 5.82 Å². The average Bonchev–Trinajstić information content (AvgIpc) is 3.12. The number of unbranched alkanes of at least 4 members (excludes halogenated alkanes) is 1. The maximum Gasteiger partial charge on any atom is 0.474 e. The Kier molecular flexibility index (Phi) is 11.6. The summed E-state index contributed by atoms with van der Waals surface area (Å²) < 4.78 is 59.2. The van der Waals surface area contributed by atoms with Crippen LogP contribution in [0.4, 0.5) is 4.39 Å². The highest BCUT2D eigenvalue weighted by Gasteiger charge is 2.27. The maximum atomic E-state index is 14.2. The first kappa shape index (κ1) is 30.6. The Morgan fingerprint density at radius 1 is 1.00 bits per heavy atom. The molecule has 0 aliphatic heterocycles. The Morgan fingerprint density at radius 2 is 1.66 bits per heavy atom. The number of aliphatic hydroxyl groups excluding tert-OH is 1. The molecule has 2 atom stereocenters. The highest BCUT2D eigenvalue weighted by atomic mass is 32.2. The highest BCUT2D eigenvalue weighted by Crippen LogP contribution is 2.49. The fourth-order valence-corrected chi connectivity index (χ4v) is 5.93.